The summed E-state index contributed by atoms with van der Waals surface area (Å²) in [5.41, 5.74) is 1.08. The molecule has 1 N–H and O–H groups in total. The second-order valence-electron chi connectivity index (χ2n) is 4.20. The lowest BCUT2D eigenvalue weighted by Gasteiger charge is -2.23. The summed E-state index contributed by atoms with van der Waals surface area (Å²) in [6.07, 6.45) is -2.59. The van der Waals surface area contributed by atoms with E-state index in [1.807, 2.05) is 12.3 Å². The van der Waals surface area contributed by atoms with E-state index >= 15 is 0 Å². The molecule has 1 aromatic carbocycles. The monoisotopic (exact) mass is 307 g/mol. The van der Waals surface area contributed by atoms with Gasteiger partial charge >= 0.3 is 6.18 Å². The van der Waals surface area contributed by atoms with Crippen molar-refractivity contribution in [1.29, 1.82) is 0 Å². The first-order chi connectivity index (χ1) is 9.37. The van der Waals surface area contributed by atoms with Crippen LogP contribution in [0.4, 0.5) is 13.2 Å². The van der Waals surface area contributed by atoms with Gasteiger partial charge in [-0.3, -0.25) is 4.79 Å². The zero-order chi connectivity index (χ0) is 15.2. The van der Waals surface area contributed by atoms with Gasteiger partial charge in [0.05, 0.1) is 6.61 Å². The van der Waals surface area contributed by atoms with E-state index in [2.05, 4.69) is 0 Å². The number of halogens is 3. The molecule has 0 radical (unpaired) electrons. The van der Waals surface area contributed by atoms with Gasteiger partial charge in [-0.1, -0.05) is 12.1 Å². The molecule has 20 heavy (non-hydrogen) atoms. The van der Waals surface area contributed by atoms with E-state index in [0.717, 1.165) is 5.56 Å². The fourth-order valence-corrected chi connectivity index (χ4v) is 2.25. The van der Waals surface area contributed by atoms with Crippen molar-refractivity contribution < 1.29 is 23.1 Å². The van der Waals surface area contributed by atoms with Crippen LogP contribution in [0.25, 0.3) is 0 Å². The first-order valence-corrected chi connectivity index (χ1v) is 7.31. The van der Waals surface area contributed by atoms with Gasteiger partial charge in [0.2, 0.25) is 0 Å². The lowest BCUT2D eigenvalue weighted by atomic mass is 10.1. The van der Waals surface area contributed by atoms with Gasteiger partial charge < -0.3 is 10.0 Å². The van der Waals surface area contributed by atoms with Crippen molar-refractivity contribution in [3.63, 3.8) is 0 Å². The lowest BCUT2D eigenvalue weighted by molar-refractivity contribution is -0.141. The standard InChI is InChI=1S/C13H16F3NO2S/c1-20-8-10-3-2-4-11(7-10)12(19)17(5-6-18)9-13(14,15)16/h2-4,7,18H,5-6,8-9H2,1H3. The molecule has 0 saturated heterocycles. The molecule has 112 valence electrons. The highest BCUT2D eigenvalue weighted by Gasteiger charge is 2.33. The number of nitrogens with zero attached hydrogens (tertiary/aromatic N) is 1. The highest BCUT2D eigenvalue weighted by Crippen LogP contribution is 2.19. The van der Waals surface area contributed by atoms with Crippen LogP contribution in [0.2, 0.25) is 0 Å². The molecule has 7 heteroatoms. The van der Waals surface area contributed by atoms with Crippen LogP contribution in [0.1, 0.15) is 15.9 Å². The predicted octanol–water partition coefficient (Wildman–Crippen LogP) is 2.55. The number of hydrogen-bond donors (Lipinski definition) is 1. The van der Waals surface area contributed by atoms with Crippen molar-refractivity contribution in [1.82, 2.24) is 4.90 Å². The molecule has 1 amide bonds. The third kappa shape index (κ3) is 5.42. The summed E-state index contributed by atoms with van der Waals surface area (Å²) in [6.45, 7) is -2.21. The van der Waals surface area contributed by atoms with Gasteiger partial charge in [-0.25, -0.2) is 0 Å². The summed E-state index contributed by atoms with van der Waals surface area (Å²) in [6, 6.07) is 6.52. The maximum Gasteiger partial charge on any atom is 0.406 e. The third-order valence-electron chi connectivity index (χ3n) is 2.51. The number of hydrogen-bond acceptors (Lipinski definition) is 3. The number of amides is 1. The molecule has 1 rings (SSSR count). The highest BCUT2D eigenvalue weighted by atomic mass is 32.2. The van der Waals surface area contributed by atoms with Gasteiger partial charge in [-0.2, -0.15) is 24.9 Å². The Kier molecular flexibility index (Phi) is 6.35. The minimum Gasteiger partial charge on any atom is -0.395 e. The molecular formula is C13H16F3NO2S. The highest BCUT2D eigenvalue weighted by molar-refractivity contribution is 7.97. The predicted molar refractivity (Wildman–Crippen MR) is 72.7 cm³/mol. The molecule has 0 atom stereocenters. The largest absolute Gasteiger partial charge is 0.406 e. The van der Waals surface area contributed by atoms with Crippen molar-refractivity contribution in [3.05, 3.63) is 35.4 Å². The van der Waals surface area contributed by atoms with Gasteiger partial charge in [0.1, 0.15) is 6.54 Å². The van der Waals surface area contributed by atoms with Crippen LogP contribution in [0, 0.1) is 0 Å². The molecule has 0 heterocycles. The number of benzene rings is 1. The van der Waals surface area contributed by atoms with Crippen LogP contribution >= 0.6 is 11.8 Å². The second kappa shape index (κ2) is 7.54. The van der Waals surface area contributed by atoms with Gasteiger partial charge in [0, 0.05) is 17.9 Å². The molecule has 0 aliphatic rings. The normalized spacial score (nSPS) is 11.4. The molecule has 0 spiro atoms. The second-order valence-corrected chi connectivity index (χ2v) is 5.06. The van der Waals surface area contributed by atoms with Crippen LogP contribution in [0.15, 0.2) is 24.3 Å². The average molecular weight is 307 g/mol. The molecule has 0 bridgehead atoms. The fourth-order valence-electron chi connectivity index (χ4n) is 1.73. The van der Waals surface area contributed by atoms with E-state index in [0.29, 0.717) is 10.7 Å². The fraction of sp³-hybridized carbons (Fsp3) is 0.462. The summed E-state index contributed by atoms with van der Waals surface area (Å²) in [7, 11) is 0. The Morgan fingerprint density at radius 2 is 2.10 bits per heavy atom. The van der Waals surface area contributed by atoms with Crippen molar-refractivity contribution in [2.24, 2.45) is 0 Å². The number of aliphatic hydroxyl groups excluding tert-OH is 1. The smallest absolute Gasteiger partial charge is 0.395 e. The summed E-state index contributed by atoms with van der Waals surface area (Å²) >= 11 is 1.56. The molecule has 0 aliphatic carbocycles. The van der Waals surface area contributed by atoms with E-state index in [4.69, 9.17) is 5.11 Å². The minimum atomic E-state index is -4.48. The lowest BCUT2D eigenvalue weighted by Crippen LogP contribution is -2.40. The van der Waals surface area contributed by atoms with Crippen molar-refractivity contribution in [3.8, 4) is 0 Å². The Morgan fingerprint density at radius 3 is 2.65 bits per heavy atom. The molecule has 0 aliphatic heterocycles. The molecule has 0 fully saturated rings. The van der Waals surface area contributed by atoms with Crippen LogP contribution in [0.5, 0.6) is 0 Å². The first-order valence-electron chi connectivity index (χ1n) is 5.92. The average Bonchev–Trinajstić information content (AvgIpc) is 2.36. The number of carbonyl (C=O) groups is 1. The van der Waals surface area contributed by atoms with Crippen LogP contribution in [-0.2, 0) is 5.75 Å². The Labute approximate surface area is 119 Å². The maximum atomic E-state index is 12.4. The van der Waals surface area contributed by atoms with Crippen molar-refractivity contribution >= 4 is 17.7 Å². The van der Waals surface area contributed by atoms with Gasteiger partial charge in [-0.15, -0.1) is 0 Å². The number of rotatable bonds is 6. The Balaban J connectivity index is 2.91. The summed E-state index contributed by atoms with van der Waals surface area (Å²) < 4.78 is 37.3. The topological polar surface area (TPSA) is 40.5 Å². The first kappa shape index (κ1) is 16.8. The zero-order valence-corrected chi connectivity index (χ0v) is 11.8. The van der Waals surface area contributed by atoms with Gasteiger partial charge in [0.15, 0.2) is 0 Å². The number of carbonyl (C=O) groups excluding carboxylic acids is 1. The molecule has 0 aromatic heterocycles. The summed E-state index contributed by atoms with van der Waals surface area (Å²) in [5, 5.41) is 8.80. The number of thioether (sulfide) groups is 1. The van der Waals surface area contributed by atoms with Crippen LogP contribution in [0.3, 0.4) is 0 Å². The summed E-state index contributed by atoms with van der Waals surface area (Å²) in [5.74, 6) is -0.0419. The van der Waals surface area contributed by atoms with E-state index in [-0.39, 0.29) is 12.1 Å². The molecule has 3 nitrogen and oxygen atoms in total. The molecule has 0 unspecified atom stereocenters. The van der Waals surface area contributed by atoms with Crippen LogP contribution in [-0.4, -0.2) is 48.0 Å². The minimum absolute atomic E-state index is 0.203. The SMILES string of the molecule is CSCc1cccc(C(=O)N(CCO)CC(F)(F)F)c1. The summed E-state index contributed by atoms with van der Waals surface area (Å²) in [4.78, 5) is 12.7. The maximum absolute atomic E-state index is 12.4. The van der Waals surface area contributed by atoms with Gasteiger partial charge in [0.25, 0.3) is 5.91 Å². The van der Waals surface area contributed by atoms with E-state index < -0.39 is 25.2 Å². The number of alkyl halides is 3. The van der Waals surface area contributed by atoms with Crippen molar-refractivity contribution in [2.75, 3.05) is 26.0 Å². The quantitative estimate of drug-likeness (QED) is 0.878. The zero-order valence-electron chi connectivity index (χ0n) is 11.0. The van der Waals surface area contributed by atoms with Crippen LogP contribution < -0.4 is 0 Å². The Bertz CT molecular complexity index is 451. The molecular weight excluding hydrogens is 291 g/mol. The van der Waals surface area contributed by atoms with E-state index in [1.165, 1.54) is 6.07 Å². The number of aliphatic hydroxyl groups is 1. The molecule has 1 aromatic rings. The Hall–Kier alpha value is -1.21. The molecule has 0 saturated carbocycles. The van der Waals surface area contributed by atoms with E-state index in [1.54, 1.807) is 23.9 Å². The van der Waals surface area contributed by atoms with Crippen molar-refractivity contribution in [2.45, 2.75) is 11.9 Å². The third-order valence-corrected chi connectivity index (χ3v) is 3.13. The Morgan fingerprint density at radius 1 is 1.40 bits per heavy atom. The van der Waals surface area contributed by atoms with Gasteiger partial charge in [-0.05, 0) is 24.0 Å². The van der Waals surface area contributed by atoms with E-state index in [9.17, 15) is 18.0 Å².